The molecule has 0 bridgehead atoms. The number of hydrogen-bond acceptors (Lipinski definition) is 5. The molecule has 0 saturated carbocycles. The van der Waals surface area contributed by atoms with E-state index in [0.29, 0.717) is 18.0 Å². The second-order valence-corrected chi connectivity index (χ2v) is 4.27. The van der Waals surface area contributed by atoms with Crippen LogP contribution >= 0.6 is 0 Å². The number of aromatic nitrogens is 5. The van der Waals surface area contributed by atoms with E-state index in [9.17, 15) is 0 Å². The number of nitrogen functional groups attached to an aromatic ring is 1. The number of pyridine rings is 1. The van der Waals surface area contributed by atoms with Crippen molar-refractivity contribution in [1.29, 1.82) is 0 Å². The summed E-state index contributed by atoms with van der Waals surface area (Å²) in [5, 5.41) is 19.3. The molecule has 18 heavy (non-hydrogen) atoms. The van der Waals surface area contributed by atoms with E-state index in [4.69, 9.17) is 10.8 Å². The Hall–Kier alpha value is -2.15. The standard InChI is InChI=1S/C11H14N6O/c1-6-7-5-8-9(12)15-17(3-4-18)11(8)13-10(7)16(2)14-6/h5,18H,3-4H2,1-2H3,(H2,12,15). The van der Waals surface area contributed by atoms with Gasteiger partial charge in [0.25, 0.3) is 0 Å². The van der Waals surface area contributed by atoms with Gasteiger partial charge in [0.2, 0.25) is 0 Å². The smallest absolute Gasteiger partial charge is 0.162 e. The number of anilines is 1. The van der Waals surface area contributed by atoms with Crippen molar-refractivity contribution in [2.45, 2.75) is 13.5 Å². The van der Waals surface area contributed by atoms with Crippen LogP contribution in [0.1, 0.15) is 5.69 Å². The minimum atomic E-state index is 0.000349. The number of aliphatic hydroxyl groups excluding tert-OH is 1. The topological polar surface area (TPSA) is 94.8 Å². The molecule has 3 heterocycles. The van der Waals surface area contributed by atoms with Crippen molar-refractivity contribution < 1.29 is 5.11 Å². The van der Waals surface area contributed by atoms with Crippen molar-refractivity contribution >= 4 is 27.9 Å². The van der Waals surface area contributed by atoms with Gasteiger partial charge in [-0.1, -0.05) is 0 Å². The monoisotopic (exact) mass is 246 g/mol. The normalized spacial score (nSPS) is 11.7. The molecule has 94 valence electrons. The first-order chi connectivity index (χ1) is 8.61. The molecule has 7 nitrogen and oxygen atoms in total. The molecular formula is C11H14N6O. The summed E-state index contributed by atoms with van der Waals surface area (Å²) in [6, 6.07) is 1.95. The molecule has 0 radical (unpaired) electrons. The molecule has 0 aliphatic heterocycles. The fraction of sp³-hybridized carbons (Fsp3) is 0.364. The van der Waals surface area contributed by atoms with E-state index in [1.54, 1.807) is 9.36 Å². The number of fused-ring (bicyclic) bond motifs is 2. The highest BCUT2D eigenvalue weighted by atomic mass is 16.3. The van der Waals surface area contributed by atoms with Gasteiger partial charge in [0.15, 0.2) is 17.1 Å². The summed E-state index contributed by atoms with van der Waals surface area (Å²) in [5.74, 6) is 0.427. The summed E-state index contributed by atoms with van der Waals surface area (Å²) < 4.78 is 3.35. The third kappa shape index (κ3) is 1.37. The van der Waals surface area contributed by atoms with Gasteiger partial charge in [-0.25, -0.2) is 9.67 Å². The van der Waals surface area contributed by atoms with Gasteiger partial charge in [0, 0.05) is 12.4 Å². The molecule has 0 spiro atoms. The maximum absolute atomic E-state index is 9.01. The number of aryl methyl sites for hydroxylation is 2. The highest BCUT2D eigenvalue weighted by Crippen LogP contribution is 2.25. The van der Waals surface area contributed by atoms with E-state index in [2.05, 4.69) is 15.2 Å². The van der Waals surface area contributed by atoms with Crippen LogP contribution in [0.3, 0.4) is 0 Å². The summed E-state index contributed by atoms with van der Waals surface area (Å²) in [6.07, 6.45) is 0. The first-order valence-electron chi connectivity index (χ1n) is 5.69. The summed E-state index contributed by atoms with van der Waals surface area (Å²) in [5.41, 5.74) is 8.26. The van der Waals surface area contributed by atoms with Crippen molar-refractivity contribution in [3.05, 3.63) is 11.8 Å². The Kier molecular flexibility index (Phi) is 2.24. The Morgan fingerprint density at radius 2 is 2.06 bits per heavy atom. The summed E-state index contributed by atoms with van der Waals surface area (Å²) in [4.78, 5) is 4.55. The SMILES string of the molecule is Cc1nn(C)c2nc3c(cc12)c(N)nn3CCO. The highest BCUT2D eigenvalue weighted by Gasteiger charge is 2.14. The molecule has 7 heteroatoms. The fourth-order valence-electron chi connectivity index (χ4n) is 2.20. The number of aliphatic hydroxyl groups is 1. The van der Waals surface area contributed by atoms with Gasteiger partial charge in [-0.15, -0.1) is 0 Å². The van der Waals surface area contributed by atoms with Crippen LogP contribution < -0.4 is 5.73 Å². The zero-order valence-electron chi connectivity index (χ0n) is 10.3. The zero-order valence-corrected chi connectivity index (χ0v) is 10.3. The highest BCUT2D eigenvalue weighted by molar-refractivity contribution is 5.96. The van der Waals surface area contributed by atoms with Crippen LogP contribution in [0.5, 0.6) is 0 Å². The molecular weight excluding hydrogens is 232 g/mol. The minimum Gasteiger partial charge on any atom is -0.394 e. The lowest BCUT2D eigenvalue weighted by Gasteiger charge is -1.99. The molecule has 0 aliphatic carbocycles. The van der Waals surface area contributed by atoms with E-state index in [1.165, 1.54) is 0 Å². The lowest BCUT2D eigenvalue weighted by molar-refractivity contribution is 0.271. The van der Waals surface area contributed by atoms with E-state index in [0.717, 1.165) is 22.1 Å². The summed E-state index contributed by atoms with van der Waals surface area (Å²) >= 11 is 0. The third-order valence-corrected chi connectivity index (χ3v) is 3.04. The van der Waals surface area contributed by atoms with Crippen molar-refractivity contribution in [3.8, 4) is 0 Å². The molecule has 3 rings (SSSR count). The number of hydrogen-bond donors (Lipinski definition) is 2. The molecule has 0 fully saturated rings. The van der Waals surface area contributed by atoms with Crippen LogP contribution in [0.25, 0.3) is 22.1 Å². The second-order valence-electron chi connectivity index (χ2n) is 4.27. The molecule has 3 N–H and O–H groups in total. The largest absolute Gasteiger partial charge is 0.394 e. The minimum absolute atomic E-state index is 0.000349. The van der Waals surface area contributed by atoms with Gasteiger partial charge in [-0.3, -0.25) is 4.68 Å². The molecule has 3 aromatic heterocycles. The van der Waals surface area contributed by atoms with Crippen LogP contribution in [0.4, 0.5) is 5.82 Å². The van der Waals surface area contributed by atoms with Crippen LogP contribution in [-0.2, 0) is 13.6 Å². The van der Waals surface area contributed by atoms with Gasteiger partial charge in [0.1, 0.15) is 0 Å². The molecule has 0 aliphatic rings. The Balaban J connectivity index is 2.41. The molecule has 0 unspecified atom stereocenters. The van der Waals surface area contributed by atoms with Crippen LogP contribution in [0.2, 0.25) is 0 Å². The summed E-state index contributed by atoms with van der Waals surface area (Å²) in [7, 11) is 1.85. The average Bonchev–Trinajstić information content (AvgIpc) is 2.79. The quantitative estimate of drug-likeness (QED) is 0.673. The van der Waals surface area contributed by atoms with Gasteiger partial charge in [-0.05, 0) is 13.0 Å². The first-order valence-corrected chi connectivity index (χ1v) is 5.69. The van der Waals surface area contributed by atoms with Crippen LogP contribution in [0, 0.1) is 6.92 Å². The lowest BCUT2D eigenvalue weighted by atomic mass is 10.2. The Bertz CT molecular complexity index is 741. The first kappa shape index (κ1) is 11.0. The van der Waals surface area contributed by atoms with Gasteiger partial charge in [-0.2, -0.15) is 10.2 Å². The molecule has 3 aromatic rings. The van der Waals surface area contributed by atoms with Gasteiger partial charge in [0.05, 0.1) is 24.2 Å². The van der Waals surface area contributed by atoms with Gasteiger partial charge < -0.3 is 10.8 Å². The molecule has 0 amide bonds. The second kappa shape index (κ2) is 3.67. The summed E-state index contributed by atoms with van der Waals surface area (Å²) in [6.45, 7) is 2.31. The van der Waals surface area contributed by atoms with E-state index in [1.807, 2.05) is 20.0 Å². The maximum Gasteiger partial charge on any atom is 0.162 e. The van der Waals surface area contributed by atoms with Crippen molar-refractivity contribution in [2.24, 2.45) is 7.05 Å². The van der Waals surface area contributed by atoms with Crippen molar-refractivity contribution in [1.82, 2.24) is 24.5 Å². The van der Waals surface area contributed by atoms with Gasteiger partial charge >= 0.3 is 0 Å². The number of rotatable bonds is 2. The Morgan fingerprint density at radius 3 is 2.78 bits per heavy atom. The fourth-order valence-corrected chi connectivity index (χ4v) is 2.20. The van der Waals surface area contributed by atoms with E-state index < -0.39 is 0 Å². The number of nitrogens with zero attached hydrogens (tertiary/aromatic N) is 5. The van der Waals surface area contributed by atoms with E-state index >= 15 is 0 Å². The number of nitrogens with two attached hydrogens (primary N) is 1. The Labute approximate surface area is 103 Å². The van der Waals surface area contributed by atoms with Crippen LogP contribution in [0.15, 0.2) is 6.07 Å². The molecule has 0 aromatic carbocycles. The third-order valence-electron chi connectivity index (χ3n) is 3.04. The maximum atomic E-state index is 9.01. The van der Waals surface area contributed by atoms with E-state index in [-0.39, 0.29) is 6.61 Å². The predicted octanol–water partition coefficient (Wildman–Crippen LogP) is 0.201. The molecule has 0 saturated heterocycles. The van der Waals surface area contributed by atoms with Crippen molar-refractivity contribution in [2.75, 3.05) is 12.3 Å². The van der Waals surface area contributed by atoms with Crippen molar-refractivity contribution in [3.63, 3.8) is 0 Å². The zero-order chi connectivity index (χ0) is 12.9. The predicted molar refractivity (Wildman–Crippen MR) is 68.0 cm³/mol. The average molecular weight is 246 g/mol. The molecule has 0 atom stereocenters. The van der Waals surface area contributed by atoms with Crippen LogP contribution in [-0.4, -0.2) is 36.3 Å². The Morgan fingerprint density at radius 1 is 1.28 bits per heavy atom. The lowest BCUT2D eigenvalue weighted by Crippen LogP contribution is -2.05.